The quantitative estimate of drug-likeness (QED) is 0.135. The monoisotopic (exact) mass is 714 g/mol. The third kappa shape index (κ3) is 4.10. The molecule has 1 saturated carbocycles. The number of hydrogen-bond acceptors (Lipinski definition) is 7. The molecule has 8 rings (SSSR count). The van der Waals surface area contributed by atoms with E-state index in [9.17, 15) is 43.7 Å². The zero-order valence-corrected chi connectivity index (χ0v) is 27.2. The maximum absolute atomic E-state index is 14.6. The Bertz CT molecular complexity index is 2260. The Hall–Kier alpha value is -5.26. The van der Waals surface area contributed by atoms with Gasteiger partial charge in [0.25, 0.3) is 11.8 Å². The van der Waals surface area contributed by atoms with Crippen molar-refractivity contribution >= 4 is 74.9 Å². The third-order valence-corrected chi connectivity index (χ3v) is 12.0. The van der Waals surface area contributed by atoms with Crippen molar-refractivity contribution in [2.24, 2.45) is 17.8 Å². The average molecular weight is 716 g/mol. The maximum atomic E-state index is 14.6. The van der Waals surface area contributed by atoms with E-state index in [-0.39, 0.29) is 30.0 Å². The molecule has 0 aromatic heterocycles. The Balaban J connectivity index is 1.31. The molecular formula is C37H25Cl2FN2O8. The van der Waals surface area contributed by atoms with E-state index in [1.54, 1.807) is 36.4 Å². The van der Waals surface area contributed by atoms with Gasteiger partial charge in [-0.1, -0.05) is 42.0 Å². The van der Waals surface area contributed by atoms with E-state index in [1.807, 2.05) is 0 Å². The molecule has 0 spiro atoms. The molecule has 10 nitrogen and oxygen atoms in total. The fourth-order valence-corrected chi connectivity index (χ4v) is 9.32. The van der Waals surface area contributed by atoms with Crippen LogP contribution >= 0.6 is 23.2 Å². The van der Waals surface area contributed by atoms with Crippen molar-refractivity contribution in [3.63, 3.8) is 0 Å². The average Bonchev–Trinajstić information content (AvgIpc) is 3.43. The molecule has 252 valence electrons. The van der Waals surface area contributed by atoms with Crippen LogP contribution in [0.1, 0.15) is 34.7 Å². The van der Waals surface area contributed by atoms with Crippen molar-refractivity contribution in [1.82, 2.24) is 0 Å². The van der Waals surface area contributed by atoms with Crippen LogP contribution in [0.3, 0.4) is 0 Å². The van der Waals surface area contributed by atoms with Crippen molar-refractivity contribution in [1.29, 1.82) is 0 Å². The normalized spacial score (nSPS) is 28.8. The highest BCUT2D eigenvalue weighted by Gasteiger charge is 2.76. The topological polar surface area (TPSA) is 153 Å². The lowest BCUT2D eigenvalue weighted by atomic mass is 9.56. The number of benzene rings is 4. The van der Waals surface area contributed by atoms with Crippen molar-refractivity contribution in [2.75, 3.05) is 9.80 Å². The highest BCUT2D eigenvalue weighted by Crippen LogP contribution is 2.66. The molecule has 4 aliphatic rings. The highest BCUT2D eigenvalue weighted by atomic mass is 35.5. The summed E-state index contributed by atoms with van der Waals surface area (Å²) in [6.45, 7) is 0. The summed E-state index contributed by atoms with van der Waals surface area (Å²) in [6, 6.07) is 18.0. The van der Waals surface area contributed by atoms with Gasteiger partial charge in [-0.15, -0.1) is 23.2 Å². The molecule has 3 fully saturated rings. The van der Waals surface area contributed by atoms with Crippen molar-refractivity contribution in [3.8, 4) is 11.5 Å². The van der Waals surface area contributed by atoms with Crippen LogP contribution in [-0.4, -0.2) is 54.7 Å². The molecule has 4 aromatic carbocycles. The summed E-state index contributed by atoms with van der Waals surface area (Å²) in [7, 11) is 0. The van der Waals surface area contributed by atoms with Gasteiger partial charge in [0.05, 0.1) is 23.2 Å². The maximum Gasteiger partial charge on any atom is 0.339 e. The molecule has 2 aliphatic carbocycles. The van der Waals surface area contributed by atoms with E-state index in [0.717, 1.165) is 34.1 Å². The largest absolute Gasteiger partial charge is 0.507 e. The Morgan fingerprint density at radius 2 is 1.46 bits per heavy atom. The number of halogens is 3. The standard InChI is InChI=1S/C37H25Cl2FN2O8/c38-36-16-26-23(11-12-25-29(26)32(46)41(31(25)45)19-9-10-24(33(47)48)28(44)15-19)30(22-13-14-27(43)21-4-2-1-3-20(21)22)37(36,39)35(50)42(34(36)49)18-7-5-17(40)6-8-18/h1-11,13-15,25-26,29-30,43-44H,12,16H2,(H,47,48). The number of carboxylic acid groups (broad SMARTS) is 1. The van der Waals surface area contributed by atoms with Crippen molar-refractivity contribution in [3.05, 3.63) is 107 Å². The summed E-state index contributed by atoms with van der Waals surface area (Å²) in [5.41, 5.74) is 0.573. The Labute approximate surface area is 292 Å². The number of phenolic OH excluding ortho intramolecular Hbond substituents is 1. The first kappa shape index (κ1) is 32.0. The molecule has 13 heteroatoms. The van der Waals surface area contributed by atoms with E-state index in [1.165, 1.54) is 24.3 Å². The van der Waals surface area contributed by atoms with E-state index in [4.69, 9.17) is 23.2 Å². The van der Waals surface area contributed by atoms with Crippen LogP contribution in [-0.2, 0) is 19.2 Å². The number of carboxylic acids is 1. The van der Waals surface area contributed by atoms with Gasteiger partial charge in [0, 0.05) is 17.4 Å². The van der Waals surface area contributed by atoms with Crippen LogP contribution < -0.4 is 9.80 Å². The van der Waals surface area contributed by atoms with Gasteiger partial charge >= 0.3 is 5.97 Å². The Kier molecular flexibility index (Phi) is 6.95. The number of aromatic carboxylic acids is 1. The predicted molar refractivity (Wildman–Crippen MR) is 180 cm³/mol. The molecule has 0 bridgehead atoms. The molecule has 6 atom stereocenters. The first-order valence-corrected chi connectivity index (χ1v) is 16.4. The fraction of sp³-hybridized carbons (Fsp3) is 0.216. The van der Waals surface area contributed by atoms with E-state index < -0.39 is 80.1 Å². The number of fused-ring (bicyclic) bond motifs is 5. The number of anilines is 2. The lowest BCUT2D eigenvalue weighted by Crippen LogP contribution is -2.60. The molecule has 0 radical (unpaired) electrons. The fourth-order valence-electron chi connectivity index (χ4n) is 8.40. The molecule has 3 N–H and O–H groups in total. The highest BCUT2D eigenvalue weighted by molar-refractivity contribution is 6.58. The van der Waals surface area contributed by atoms with Gasteiger partial charge in [-0.05, 0) is 72.2 Å². The molecule has 2 aliphatic heterocycles. The van der Waals surface area contributed by atoms with Crippen LogP contribution in [0.5, 0.6) is 11.5 Å². The molecule has 2 saturated heterocycles. The lowest BCUT2D eigenvalue weighted by molar-refractivity contribution is -0.125. The van der Waals surface area contributed by atoms with Crippen LogP contribution in [0, 0.1) is 23.6 Å². The number of rotatable bonds is 4. The summed E-state index contributed by atoms with van der Waals surface area (Å²) >= 11 is 14.9. The molecule has 4 aromatic rings. The Morgan fingerprint density at radius 3 is 2.14 bits per heavy atom. The summed E-state index contributed by atoms with van der Waals surface area (Å²) < 4.78 is 13.9. The number of allylic oxidation sites excluding steroid dienone is 2. The van der Waals surface area contributed by atoms with Gasteiger partial charge < -0.3 is 15.3 Å². The number of hydrogen-bond donors (Lipinski definition) is 3. The second kappa shape index (κ2) is 10.9. The minimum Gasteiger partial charge on any atom is -0.507 e. The predicted octanol–water partition coefficient (Wildman–Crippen LogP) is 5.86. The number of carbonyl (C=O) groups is 5. The first-order valence-electron chi connectivity index (χ1n) is 15.7. The van der Waals surface area contributed by atoms with E-state index >= 15 is 0 Å². The van der Waals surface area contributed by atoms with Gasteiger partial charge in [0.15, 0.2) is 9.75 Å². The smallest absolute Gasteiger partial charge is 0.339 e. The molecule has 2 heterocycles. The molecule has 4 amide bonds. The summed E-state index contributed by atoms with van der Waals surface area (Å²) in [4.78, 5) is 66.3. The van der Waals surface area contributed by atoms with Gasteiger partial charge in [0.2, 0.25) is 11.8 Å². The Morgan fingerprint density at radius 1 is 0.780 bits per heavy atom. The number of carbonyl (C=O) groups excluding carboxylic acids is 4. The SMILES string of the molecule is O=C(O)c1ccc(N2C(=O)C3CC=C4C(CC5(Cl)C(=O)N(c6ccc(F)cc6)C(=O)C5(Cl)C4c4ccc(O)c5ccccc45)C3C2=O)cc1O. The number of nitrogens with zero attached hydrogens (tertiary/aromatic N) is 2. The van der Waals surface area contributed by atoms with Crippen LogP contribution in [0.4, 0.5) is 15.8 Å². The minimum atomic E-state index is -2.17. The summed E-state index contributed by atoms with van der Waals surface area (Å²) in [5, 5.41) is 31.5. The first-order chi connectivity index (χ1) is 23.8. The van der Waals surface area contributed by atoms with E-state index in [2.05, 4.69) is 0 Å². The minimum absolute atomic E-state index is 0.0304. The number of amides is 4. The lowest BCUT2D eigenvalue weighted by Gasteiger charge is -2.51. The van der Waals surface area contributed by atoms with Crippen LogP contribution in [0.15, 0.2) is 90.5 Å². The summed E-state index contributed by atoms with van der Waals surface area (Å²) in [5.74, 6) is -9.60. The molecular weight excluding hydrogens is 690 g/mol. The van der Waals surface area contributed by atoms with Crippen LogP contribution in [0.25, 0.3) is 10.8 Å². The van der Waals surface area contributed by atoms with Gasteiger partial charge in [0.1, 0.15) is 22.9 Å². The molecule has 50 heavy (non-hydrogen) atoms. The van der Waals surface area contributed by atoms with Crippen LogP contribution in [0.2, 0.25) is 0 Å². The number of phenols is 2. The zero-order valence-electron chi connectivity index (χ0n) is 25.7. The second-order valence-electron chi connectivity index (χ2n) is 13.0. The number of imide groups is 2. The molecule has 6 unspecified atom stereocenters. The van der Waals surface area contributed by atoms with E-state index in [0.29, 0.717) is 21.9 Å². The van der Waals surface area contributed by atoms with Crippen molar-refractivity contribution in [2.45, 2.75) is 28.5 Å². The van der Waals surface area contributed by atoms with Gasteiger partial charge in [-0.3, -0.25) is 19.2 Å². The third-order valence-electron chi connectivity index (χ3n) is 10.6. The number of aromatic hydroxyl groups is 2. The second-order valence-corrected chi connectivity index (χ2v) is 14.2. The summed E-state index contributed by atoms with van der Waals surface area (Å²) in [6.07, 6.45) is 1.52. The zero-order chi connectivity index (χ0) is 35.4. The van der Waals surface area contributed by atoms with Crippen molar-refractivity contribution < 1.29 is 43.7 Å². The van der Waals surface area contributed by atoms with Gasteiger partial charge in [-0.2, -0.15) is 0 Å². The number of alkyl halides is 2. The van der Waals surface area contributed by atoms with Gasteiger partial charge in [-0.25, -0.2) is 19.0 Å².